The maximum atomic E-state index is 5.73. The van der Waals surface area contributed by atoms with E-state index in [9.17, 15) is 0 Å². The van der Waals surface area contributed by atoms with Crippen molar-refractivity contribution in [3.05, 3.63) is 11.7 Å². The summed E-state index contributed by atoms with van der Waals surface area (Å²) in [5.41, 5.74) is 5.58. The number of aromatic nitrogens is 2. The van der Waals surface area contributed by atoms with Gasteiger partial charge in [0.25, 0.3) is 5.89 Å². The van der Waals surface area contributed by atoms with Crippen LogP contribution in [0.5, 0.6) is 0 Å². The van der Waals surface area contributed by atoms with E-state index < -0.39 is 0 Å². The van der Waals surface area contributed by atoms with Crippen LogP contribution in [-0.4, -0.2) is 29.4 Å². The summed E-state index contributed by atoms with van der Waals surface area (Å²) in [6, 6.07) is 0. The van der Waals surface area contributed by atoms with E-state index in [0.29, 0.717) is 30.8 Å². The average Bonchev–Trinajstić information content (AvgIpc) is 3.03. The minimum absolute atomic E-state index is 0.106. The highest BCUT2D eigenvalue weighted by Crippen LogP contribution is 2.31. The van der Waals surface area contributed by atoms with Crippen LogP contribution in [0.4, 0.5) is 0 Å². The zero-order valence-electron chi connectivity index (χ0n) is 11.8. The topological polar surface area (TPSA) is 83.4 Å². The smallest absolute Gasteiger partial charge is 0.255 e. The Morgan fingerprint density at radius 2 is 2.16 bits per heavy atom. The molecule has 1 aromatic rings. The Balaban J connectivity index is 1.91. The van der Waals surface area contributed by atoms with Crippen molar-refractivity contribution in [1.82, 2.24) is 10.1 Å². The molecule has 2 N–H and O–H groups in total. The van der Waals surface area contributed by atoms with Gasteiger partial charge in [0.15, 0.2) is 5.82 Å². The average molecular weight is 269 g/mol. The summed E-state index contributed by atoms with van der Waals surface area (Å²) < 4.78 is 16.7. The lowest BCUT2D eigenvalue weighted by atomic mass is 10.2. The van der Waals surface area contributed by atoms with Gasteiger partial charge in [0.2, 0.25) is 0 Å². The molecule has 0 aromatic carbocycles. The van der Waals surface area contributed by atoms with Crippen LogP contribution in [0.1, 0.15) is 57.5 Å². The van der Waals surface area contributed by atoms with Gasteiger partial charge in [-0.25, -0.2) is 0 Å². The molecule has 0 spiro atoms. The fourth-order valence-corrected chi connectivity index (χ4v) is 2.02. The predicted octanol–water partition coefficient (Wildman–Crippen LogP) is 1.98. The van der Waals surface area contributed by atoms with Gasteiger partial charge in [0.05, 0.1) is 6.10 Å². The highest BCUT2D eigenvalue weighted by molar-refractivity contribution is 4.95. The minimum atomic E-state index is -0.161. The summed E-state index contributed by atoms with van der Waals surface area (Å²) in [6.45, 7) is 7.35. The number of ether oxygens (including phenoxy) is 2. The second kappa shape index (κ2) is 6.45. The Hall–Kier alpha value is -0.980. The van der Waals surface area contributed by atoms with Crippen molar-refractivity contribution in [2.24, 2.45) is 11.7 Å². The van der Waals surface area contributed by atoms with Crippen molar-refractivity contribution < 1.29 is 14.0 Å². The third-order valence-electron chi connectivity index (χ3n) is 3.15. The molecule has 6 nitrogen and oxygen atoms in total. The second-order valence-electron chi connectivity index (χ2n) is 5.42. The van der Waals surface area contributed by atoms with Crippen LogP contribution in [0, 0.1) is 5.92 Å². The molecule has 19 heavy (non-hydrogen) atoms. The number of nitrogens with zero attached hydrogens (tertiary/aromatic N) is 2. The third-order valence-corrected chi connectivity index (χ3v) is 3.15. The highest BCUT2D eigenvalue weighted by atomic mass is 16.5. The third kappa shape index (κ3) is 3.75. The summed E-state index contributed by atoms with van der Waals surface area (Å²) in [6.07, 6.45) is 1.65. The van der Waals surface area contributed by atoms with E-state index >= 15 is 0 Å². The van der Waals surface area contributed by atoms with E-state index in [0.717, 1.165) is 12.8 Å². The van der Waals surface area contributed by atoms with Crippen molar-refractivity contribution >= 4 is 0 Å². The lowest BCUT2D eigenvalue weighted by molar-refractivity contribution is 0.0306. The number of hydrogen-bond donors (Lipinski definition) is 1. The molecule has 1 aliphatic rings. The molecular formula is C13H23N3O3. The molecule has 0 saturated carbocycles. The first kappa shape index (κ1) is 14.4. The number of nitrogens with two attached hydrogens (primary N) is 1. The van der Waals surface area contributed by atoms with Crippen LogP contribution in [-0.2, 0) is 9.47 Å². The maximum absolute atomic E-state index is 5.73. The first-order chi connectivity index (χ1) is 9.10. The van der Waals surface area contributed by atoms with Gasteiger partial charge in [-0.15, -0.1) is 0 Å². The molecule has 6 heteroatoms. The normalized spacial score (nSPS) is 25.1. The Kier molecular flexibility index (Phi) is 4.90. The zero-order valence-corrected chi connectivity index (χ0v) is 11.8. The van der Waals surface area contributed by atoms with E-state index in [1.165, 1.54) is 0 Å². The van der Waals surface area contributed by atoms with Gasteiger partial charge in [-0.3, -0.25) is 0 Å². The molecule has 0 bridgehead atoms. The van der Waals surface area contributed by atoms with Crippen LogP contribution in [0.15, 0.2) is 4.52 Å². The van der Waals surface area contributed by atoms with Gasteiger partial charge in [-0.2, -0.15) is 4.98 Å². The van der Waals surface area contributed by atoms with E-state index in [4.69, 9.17) is 19.7 Å². The molecule has 0 unspecified atom stereocenters. The minimum Gasteiger partial charge on any atom is -0.370 e. The Bertz CT molecular complexity index is 394. The quantitative estimate of drug-likeness (QED) is 0.850. The van der Waals surface area contributed by atoms with Crippen LogP contribution < -0.4 is 5.73 Å². The van der Waals surface area contributed by atoms with Gasteiger partial charge >= 0.3 is 0 Å². The fourth-order valence-electron chi connectivity index (χ4n) is 2.02. The van der Waals surface area contributed by atoms with Crippen LogP contribution in [0.3, 0.4) is 0 Å². The number of rotatable bonds is 6. The Labute approximate surface area is 113 Å². The largest absolute Gasteiger partial charge is 0.370 e. The van der Waals surface area contributed by atoms with Crippen molar-refractivity contribution in [1.29, 1.82) is 0 Å². The molecule has 1 saturated heterocycles. The predicted molar refractivity (Wildman–Crippen MR) is 69.4 cm³/mol. The molecule has 2 heterocycles. The first-order valence-electron chi connectivity index (χ1n) is 6.90. The van der Waals surface area contributed by atoms with Gasteiger partial charge in [-0.1, -0.05) is 19.0 Å². The molecule has 108 valence electrons. The summed E-state index contributed by atoms with van der Waals surface area (Å²) in [5, 5.41) is 3.97. The first-order valence-corrected chi connectivity index (χ1v) is 6.90. The van der Waals surface area contributed by atoms with Gasteiger partial charge in [0.1, 0.15) is 12.2 Å². The van der Waals surface area contributed by atoms with Crippen LogP contribution in [0.2, 0.25) is 0 Å². The van der Waals surface area contributed by atoms with E-state index in [2.05, 4.69) is 24.0 Å². The molecule has 0 aliphatic carbocycles. The van der Waals surface area contributed by atoms with Gasteiger partial charge < -0.3 is 19.7 Å². The highest BCUT2D eigenvalue weighted by Gasteiger charge is 2.30. The zero-order chi connectivity index (χ0) is 13.8. The lowest BCUT2D eigenvalue weighted by Gasteiger charge is -2.11. The van der Waals surface area contributed by atoms with E-state index in [1.54, 1.807) is 0 Å². The van der Waals surface area contributed by atoms with E-state index in [1.807, 2.05) is 6.92 Å². The van der Waals surface area contributed by atoms with Crippen molar-refractivity contribution in [3.8, 4) is 0 Å². The van der Waals surface area contributed by atoms with Crippen molar-refractivity contribution in [2.45, 2.75) is 51.9 Å². The summed E-state index contributed by atoms with van der Waals surface area (Å²) >= 11 is 0. The van der Waals surface area contributed by atoms with Crippen molar-refractivity contribution in [2.75, 3.05) is 13.2 Å². The summed E-state index contributed by atoms with van der Waals surface area (Å²) in [7, 11) is 0. The molecular weight excluding hydrogens is 246 g/mol. The fraction of sp³-hybridized carbons (Fsp3) is 0.846. The SMILES string of the molecule is CC(C)CO[C@H](C)c1noc([C@H]2CC[C@@H](CN)O2)n1. The Morgan fingerprint density at radius 3 is 2.79 bits per heavy atom. The molecule has 0 amide bonds. The van der Waals surface area contributed by atoms with Gasteiger partial charge in [0, 0.05) is 13.2 Å². The lowest BCUT2D eigenvalue weighted by Crippen LogP contribution is -2.18. The maximum Gasteiger partial charge on any atom is 0.255 e. The van der Waals surface area contributed by atoms with Crippen LogP contribution in [0.25, 0.3) is 0 Å². The second-order valence-corrected chi connectivity index (χ2v) is 5.42. The summed E-state index contributed by atoms with van der Waals surface area (Å²) in [5.74, 6) is 1.60. The standard InChI is InChI=1S/C13H23N3O3/c1-8(2)7-17-9(3)12-15-13(19-16-12)11-5-4-10(6-14)18-11/h8-11H,4-7,14H2,1-3H3/t9-,10+,11-/m1/s1. The van der Waals surface area contributed by atoms with Crippen LogP contribution >= 0.6 is 0 Å². The van der Waals surface area contributed by atoms with Crippen molar-refractivity contribution in [3.63, 3.8) is 0 Å². The molecule has 1 aromatic heterocycles. The van der Waals surface area contributed by atoms with Gasteiger partial charge in [-0.05, 0) is 25.7 Å². The molecule has 2 rings (SSSR count). The van der Waals surface area contributed by atoms with E-state index in [-0.39, 0.29) is 18.3 Å². The Morgan fingerprint density at radius 1 is 1.37 bits per heavy atom. The summed E-state index contributed by atoms with van der Waals surface area (Å²) in [4.78, 5) is 4.37. The molecule has 1 aliphatic heterocycles. The molecule has 0 radical (unpaired) electrons. The molecule has 1 fully saturated rings. The number of hydrogen-bond acceptors (Lipinski definition) is 6. The monoisotopic (exact) mass is 269 g/mol. The molecule has 3 atom stereocenters.